The van der Waals surface area contributed by atoms with Gasteiger partial charge >= 0.3 is 5.97 Å². The zero-order chi connectivity index (χ0) is 12.3. The molecule has 0 saturated heterocycles. The van der Waals surface area contributed by atoms with E-state index in [1.807, 2.05) is 0 Å². The molecule has 0 bridgehead atoms. The summed E-state index contributed by atoms with van der Waals surface area (Å²) < 4.78 is 4.62. The number of methoxy groups -OCH3 is 1. The monoisotopic (exact) mass is 292 g/mol. The first kappa shape index (κ1) is 14.0. The molecular formula is C12H21BrO3. The number of rotatable bonds is 3. The maximum atomic E-state index is 11.2. The highest BCUT2D eigenvalue weighted by atomic mass is 79.9. The maximum Gasteiger partial charge on any atom is 0.308 e. The van der Waals surface area contributed by atoms with E-state index in [9.17, 15) is 9.90 Å². The SMILES string of the molecule is COC(=O)C[C@@]1(O)CC[C@H](C(C)C)C[C@H]1Br. The molecule has 3 nitrogen and oxygen atoms in total. The van der Waals surface area contributed by atoms with E-state index in [2.05, 4.69) is 34.5 Å². The van der Waals surface area contributed by atoms with E-state index in [0.29, 0.717) is 18.3 Å². The van der Waals surface area contributed by atoms with Crippen molar-refractivity contribution < 1.29 is 14.6 Å². The number of ether oxygens (including phenoxy) is 1. The minimum Gasteiger partial charge on any atom is -0.469 e. The maximum absolute atomic E-state index is 11.2. The van der Waals surface area contributed by atoms with Crippen LogP contribution in [0.2, 0.25) is 0 Å². The summed E-state index contributed by atoms with van der Waals surface area (Å²) in [4.78, 5) is 11.2. The number of hydrogen-bond donors (Lipinski definition) is 1. The molecule has 0 aromatic carbocycles. The minimum absolute atomic E-state index is 0.0137. The Bertz CT molecular complexity index is 255. The fraction of sp³-hybridized carbons (Fsp3) is 0.917. The minimum atomic E-state index is -0.932. The Kier molecular flexibility index (Phi) is 4.80. The summed E-state index contributed by atoms with van der Waals surface area (Å²) in [7, 11) is 1.36. The van der Waals surface area contributed by atoms with Gasteiger partial charge < -0.3 is 9.84 Å². The molecule has 3 atom stereocenters. The third-order valence-electron chi connectivity index (χ3n) is 3.66. The predicted octanol–water partition coefficient (Wildman–Crippen LogP) is 2.50. The largest absolute Gasteiger partial charge is 0.469 e. The number of hydrogen-bond acceptors (Lipinski definition) is 3. The number of carbonyl (C=O) groups excluding carboxylic acids is 1. The lowest BCUT2D eigenvalue weighted by Gasteiger charge is -2.41. The Morgan fingerprint density at radius 1 is 1.62 bits per heavy atom. The van der Waals surface area contributed by atoms with Gasteiger partial charge in [-0.3, -0.25) is 4.79 Å². The van der Waals surface area contributed by atoms with Crippen molar-refractivity contribution in [1.29, 1.82) is 0 Å². The Morgan fingerprint density at radius 2 is 2.25 bits per heavy atom. The van der Waals surface area contributed by atoms with E-state index in [1.54, 1.807) is 0 Å². The van der Waals surface area contributed by atoms with Gasteiger partial charge in [0, 0.05) is 4.83 Å². The second-order valence-electron chi connectivity index (χ2n) is 5.10. The molecule has 16 heavy (non-hydrogen) atoms. The van der Waals surface area contributed by atoms with Crippen LogP contribution in [0.5, 0.6) is 0 Å². The van der Waals surface area contributed by atoms with E-state index >= 15 is 0 Å². The van der Waals surface area contributed by atoms with Gasteiger partial charge in [0.15, 0.2) is 0 Å². The number of carbonyl (C=O) groups is 1. The standard InChI is InChI=1S/C12H21BrO3/c1-8(2)9-4-5-12(15,10(13)6-9)7-11(14)16-3/h8-10,15H,4-7H2,1-3H3/t9-,10+,12-/m0/s1. The Morgan fingerprint density at radius 3 is 2.69 bits per heavy atom. The van der Waals surface area contributed by atoms with Crippen molar-refractivity contribution in [1.82, 2.24) is 0 Å². The van der Waals surface area contributed by atoms with Gasteiger partial charge in [-0.15, -0.1) is 0 Å². The Labute approximate surface area is 106 Å². The molecule has 1 aliphatic carbocycles. The topological polar surface area (TPSA) is 46.5 Å². The first-order chi connectivity index (χ1) is 7.39. The van der Waals surface area contributed by atoms with Crippen molar-refractivity contribution in [3.8, 4) is 0 Å². The van der Waals surface area contributed by atoms with Gasteiger partial charge in [0.1, 0.15) is 0 Å². The van der Waals surface area contributed by atoms with Crippen LogP contribution in [0.1, 0.15) is 39.5 Å². The second kappa shape index (κ2) is 5.50. The van der Waals surface area contributed by atoms with Crippen molar-refractivity contribution in [3.05, 3.63) is 0 Å². The molecular weight excluding hydrogens is 272 g/mol. The zero-order valence-corrected chi connectivity index (χ0v) is 11.8. The van der Waals surface area contributed by atoms with E-state index in [-0.39, 0.29) is 17.2 Å². The van der Waals surface area contributed by atoms with Crippen LogP contribution in [0.15, 0.2) is 0 Å². The molecule has 1 fully saturated rings. The molecule has 0 unspecified atom stereocenters. The van der Waals surface area contributed by atoms with Gasteiger partial charge in [-0.25, -0.2) is 0 Å². The van der Waals surface area contributed by atoms with E-state index in [1.165, 1.54) is 7.11 Å². The molecule has 1 N–H and O–H groups in total. The van der Waals surface area contributed by atoms with Crippen molar-refractivity contribution in [2.24, 2.45) is 11.8 Å². The lowest BCUT2D eigenvalue weighted by molar-refractivity contribution is -0.147. The van der Waals surface area contributed by atoms with Crippen molar-refractivity contribution in [2.45, 2.75) is 50.0 Å². The van der Waals surface area contributed by atoms with Crippen molar-refractivity contribution in [2.75, 3.05) is 7.11 Å². The first-order valence-electron chi connectivity index (χ1n) is 5.82. The summed E-state index contributed by atoms with van der Waals surface area (Å²) in [5.41, 5.74) is -0.932. The Hall–Kier alpha value is -0.0900. The molecule has 1 saturated carbocycles. The predicted molar refractivity (Wildman–Crippen MR) is 66.5 cm³/mol. The first-order valence-corrected chi connectivity index (χ1v) is 6.74. The number of aliphatic hydroxyl groups is 1. The van der Waals surface area contributed by atoms with Crippen LogP contribution in [-0.2, 0) is 9.53 Å². The van der Waals surface area contributed by atoms with Gasteiger partial charge in [0.2, 0.25) is 0 Å². The molecule has 94 valence electrons. The Balaban J connectivity index is 2.61. The van der Waals surface area contributed by atoms with Gasteiger partial charge in [-0.05, 0) is 31.1 Å². The third kappa shape index (κ3) is 3.20. The average Bonchev–Trinajstić information content (AvgIpc) is 2.21. The molecule has 4 heteroatoms. The summed E-state index contributed by atoms with van der Waals surface area (Å²) in [6.45, 7) is 4.41. The highest BCUT2D eigenvalue weighted by Gasteiger charge is 2.43. The van der Waals surface area contributed by atoms with Crippen LogP contribution >= 0.6 is 15.9 Å². The lowest BCUT2D eigenvalue weighted by atomic mass is 9.73. The molecule has 0 spiro atoms. The molecule has 0 aliphatic heterocycles. The van der Waals surface area contributed by atoms with Crippen LogP contribution in [0.3, 0.4) is 0 Å². The zero-order valence-electron chi connectivity index (χ0n) is 10.2. The fourth-order valence-corrected chi connectivity index (χ4v) is 3.19. The van der Waals surface area contributed by atoms with Gasteiger partial charge in [0.05, 0.1) is 19.1 Å². The lowest BCUT2D eigenvalue weighted by Crippen LogP contribution is -2.46. The molecule has 0 radical (unpaired) electrons. The highest BCUT2D eigenvalue weighted by molar-refractivity contribution is 9.09. The molecule has 0 aromatic heterocycles. The summed E-state index contributed by atoms with van der Waals surface area (Å²) in [5, 5.41) is 10.4. The van der Waals surface area contributed by atoms with E-state index < -0.39 is 5.60 Å². The fourth-order valence-electron chi connectivity index (χ4n) is 2.32. The number of alkyl halides is 1. The third-order valence-corrected chi connectivity index (χ3v) is 4.89. The van der Waals surface area contributed by atoms with Gasteiger partial charge in [-0.2, -0.15) is 0 Å². The molecule has 0 heterocycles. The quantitative estimate of drug-likeness (QED) is 0.642. The summed E-state index contributed by atoms with van der Waals surface area (Å²) in [6, 6.07) is 0. The summed E-state index contributed by atoms with van der Waals surface area (Å²) >= 11 is 3.52. The second-order valence-corrected chi connectivity index (χ2v) is 6.21. The average molecular weight is 293 g/mol. The van der Waals surface area contributed by atoms with Crippen LogP contribution in [0, 0.1) is 11.8 Å². The number of esters is 1. The van der Waals surface area contributed by atoms with Crippen LogP contribution in [-0.4, -0.2) is 28.6 Å². The van der Waals surface area contributed by atoms with Crippen LogP contribution < -0.4 is 0 Å². The molecule has 0 aromatic rings. The smallest absolute Gasteiger partial charge is 0.308 e. The van der Waals surface area contributed by atoms with Crippen molar-refractivity contribution in [3.63, 3.8) is 0 Å². The number of halogens is 1. The normalized spacial score (nSPS) is 35.1. The van der Waals surface area contributed by atoms with E-state index in [4.69, 9.17) is 0 Å². The van der Waals surface area contributed by atoms with Crippen LogP contribution in [0.4, 0.5) is 0 Å². The van der Waals surface area contributed by atoms with Crippen molar-refractivity contribution >= 4 is 21.9 Å². The molecule has 0 amide bonds. The van der Waals surface area contributed by atoms with E-state index in [0.717, 1.165) is 12.8 Å². The highest BCUT2D eigenvalue weighted by Crippen LogP contribution is 2.41. The molecule has 1 aliphatic rings. The van der Waals surface area contributed by atoms with Gasteiger partial charge in [0.25, 0.3) is 0 Å². The van der Waals surface area contributed by atoms with Crippen LogP contribution in [0.25, 0.3) is 0 Å². The summed E-state index contributed by atoms with van der Waals surface area (Å²) in [5.74, 6) is 0.917. The summed E-state index contributed by atoms with van der Waals surface area (Å²) in [6.07, 6.45) is 2.66. The molecule has 1 rings (SSSR count). The van der Waals surface area contributed by atoms with Gasteiger partial charge in [-0.1, -0.05) is 29.8 Å².